The molecule has 2 heterocycles. The predicted molar refractivity (Wildman–Crippen MR) is 80.9 cm³/mol. The first-order valence-corrected chi connectivity index (χ1v) is 7.56. The van der Waals surface area contributed by atoms with Crippen LogP contribution in [0.4, 0.5) is 0 Å². The minimum Gasteiger partial charge on any atom is -0.488 e. The van der Waals surface area contributed by atoms with Crippen LogP contribution in [0.15, 0.2) is 29.8 Å². The van der Waals surface area contributed by atoms with Gasteiger partial charge in [0, 0.05) is 18.2 Å². The van der Waals surface area contributed by atoms with Gasteiger partial charge in [0.05, 0.1) is 11.7 Å². The zero-order chi connectivity index (χ0) is 14.8. The Morgan fingerprint density at radius 1 is 1.48 bits per heavy atom. The van der Waals surface area contributed by atoms with Crippen LogP contribution in [0.25, 0.3) is 6.08 Å². The summed E-state index contributed by atoms with van der Waals surface area (Å²) in [6, 6.07) is 7.89. The monoisotopic (exact) mass is 287 g/mol. The van der Waals surface area contributed by atoms with Gasteiger partial charge >= 0.3 is 0 Å². The average Bonchev–Trinajstić information content (AvgIpc) is 2.93. The second kappa shape index (κ2) is 5.90. The summed E-state index contributed by atoms with van der Waals surface area (Å²) in [6.07, 6.45) is 4.19. The molecule has 112 valence electrons. The zero-order valence-corrected chi connectivity index (χ0v) is 12.3. The fourth-order valence-corrected chi connectivity index (χ4v) is 3.17. The number of fused-ring (bicyclic) bond motifs is 1. The first-order valence-electron chi connectivity index (χ1n) is 7.56. The molecule has 1 N–H and O–H groups in total. The molecule has 1 aromatic carbocycles. The SMILES string of the molecule is CC(O)CC1CCCN1C(=O)C1=Cc2ccccc2OC1. The van der Waals surface area contributed by atoms with E-state index in [0.717, 1.165) is 30.7 Å². The fraction of sp³-hybridized carbons (Fsp3) is 0.471. The van der Waals surface area contributed by atoms with Gasteiger partial charge in [0.1, 0.15) is 12.4 Å². The normalized spacial score (nSPS) is 22.3. The van der Waals surface area contributed by atoms with E-state index in [1.54, 1.807) is 6.92 Å². The fourth-order valence-electron chi connectivity index (χ4n) is 3.17. The molecule has 2 atom stereocenters. The number of hydrogen-bond acceptors (Lipinski definition) is 3. The maximum Gasteiger partial charge on any atom is 0.253 e. The number of nitrogens with zero attached hydrogens (tertiary/aromatic N) is 1. The molecule has 0 bridgehead atoms. The van der Waals surface area contributed by atoms with Crippen LogP contribution in [0.5, 0.6) is 5.75 Å². The lowest BCUT2D eigenvalue weighted by Crippen LogP contribution is -2.39. The molecule has 4 heteroatoms. The van der Waals surface area contributed by atoms with Crippen molar-refractivity contribution in [2.45, 2.75) is 38.3 Å². The number of hydrogen-bond donors (Lipinski definition) is 1. The first kappa shape index (κ1) is 14.1. The molecule has 4 nitrogen and oxygen atoms in total. The van der Waals surface area contributed by atoms with Crippen molar-refractivity contribution >= 4 is 12.0 Å². The van der Waals surface area contributed by atoms with Crippen molar-refractivity contribution < 1.29 is 14.6 Å². The second-order valence-corrected chi connectivity index (χ2v) is 5.88. The van der Waals surface area contributed by atoms with Gasteiger partial charge in [0.2, 0.25) is 0 Å². The van der Waals surface area contributed by atoms with Crippen LogP contribution in [0.3, 0.4) is 0 Å². The third-order valence-corrected chi connectivity index (χ3v) is 4.16. The average molecular weight is 287 g/mol. The Labute approximate surface area is 125 Å². The van der Waals surface area contributed by atoms with Gasteiger partial charge in [-0.1, -0.05) is 18.2 Å². The van der Waals surface area contributed by atoms with Gasteiger partial charge in [-0.15, -0.1) is 0 Å². The minimum absolute atomic E-state index is 0.0488. The Kier molecular flexibility index (Phi) is 3.97. The molecule has 3 rings (SSSR count). The van der Waals surface area contributed by atoms with Crippen LogP contribution in [0.2, 0.25) is 0 Å². The lowest BCUT2D eigenvalue weighted by Gasteiger charge is -2.28. The van der Waals surface area contributed by atoms with Crippen LogP contribution >= 0.6 is 0 Å². The molecule has 1 aromatic rings. The summed E-state index contributed by atoms with van der Waals surface area (Å²) in [5.41, 5.74) is 1.66. The molecule has 1 saturated heterocycles. The number of carbonyl (C=O) groups excluding carboxylic acids is 1. The van der Waals surface area contributed by atoms with Crippen LogP contribution in [0, 0.1) is 0 Å². The molecule has 2 aliphatic rings. The van der Waals surface area contributed by atoms with E-state index >= 15 is 0 Å². The summed E-state index contributed by atoms with van der Waals surface area (Å²) in [6.45, 7) is 2.88. The highest BCUT2D eigenvalue weighted by molar-refractivity contribution is 5.99. The lowest BCUT2D eigenvalue weighted by molar-refractivity contribution is -0.128. The van der Waals surface area contributed by atoms with E-state index in [-0.39, 0.29) is 18.1 Å². The molecule has 0 radical (unpaired) electrons. The Hall–Kier alpha value is -1.81. The summed E-state index contributed by atoms with van der Waals surface area (Å²) in [7, 11) is 0. The van der Waals surface area contributed by atoms with Crippen LogP contribution in [-0.4, -0.2) is 41.2 Å². The summed E-state index contributed by atoms with van der Waals surface area (Å²) < 4.78 is 5.67. The van der Waals surface area contributed by atoms with Crippen molar-refractivity contribution in [3.05, 3.63) is 35.4 Å². The Bertz CT molecular complexity index is 565. The topological polar surface area (TPSA) is 49.8 Å². The Morgan fingerprint density at radius 3 is 3.10 bits per heavy atom. The summed E-state index contributed by atoms with van der Waals surface area (Å²) in [4.78, 5) is 14.6. The molecule has 21 heavy (non-hydrogen) atoms. The molecule has 1 amide bonds. The number of rotatable bonds is 3. The predicted octanol–water partition coefficient (Wildman–Crippen LogP) is 2.22. The van der Waals surface area contributed by atoms with Crippen LogP contribution < -0.4 is 4.74 Å². The highest BCUT2D eigenvalue weighted by Gasteiger charge is 2.32. The summed E-state index contributed by atoms with van der Waals surface area (Å²) >= 11 is 0. The summed E-state index contributed by atoms with van der Waals surface area (Å²) in [5, 5.41) is 9.58. The van der Waals surface area contributed by atoms with Crippen molar-refractivity contribution in [2.75, 3.05) is 13.2 Å². The molecular formula is C17H21NO3. The van der Waals surface area contributed by atoms with Gasteiger partial charge in [0.25, 0.3) is 5.91 Å². The number of carbonyl (C=O) groups is 1. The van der Waals surface area contributed by atoms with Crippen LogP contribution in [-0.2, 0) is 4.79 Å². The number of ether oxygens (including phenoxy) is 1. The van der Waals surface area contributed by atoms with Gasteiger partial charge in [0.15, 0.2) is 0 Å². The number of para-hydroxylation sites is 1. The van der Waals surface area contributed by atoms with E-state index in [1.165, 1.54) is 0 Å². The van der Waals surface area contributed by atoms with E-state index in [2.05, 4.69) is 0 Å². The maximum absolute atomic E-state index is 12.7. The molecule has 0 aliphatic carbocycles. The largest absolute Gasteiger partial charge is 0.488 e. The number of aliphatic hydroxyl groups is 1. The molecule has 0 aromatic heterocycles. The third kappa shape index (κ3) is 2.95. The Balaban J connectivity index is 1.78. The highest BCUT2D eigenvalue weighted by Crippen LogP contribution is 2.29. The quantitative estimate of drug-likeness (QED) is 0.927. The van der Waals surface area contributed by atoms with E-state index < -0.39 is 0 Å². The van der Waals surface area contributed by atoms with Crippen LogP contribution in [0.1, 0.15) is 31.7 Å². The molecule has 0 spiro atoms. The number of aliphatic hydroxyl groups excluding tert-OH is 1. The number of likely N-dealkylation sites (tertiary alicyclic amines) is 1. The standard InChI is InChI=1S/C17H21NO3/c1-12(19)9-15-6-4-8-18(15)17(20)14-10-13-5-2-3-7-16(13)21-11-14/h2-3,5,7,10,12,15,19H,4,6,8-9,11H2,1H3. The Morgan fingerprint density at radius 2 is 2.29 bits per heavy atom. The van der Waals surface area contributed by atoms with E-state index in [1.807, 2.05) is 35.2 Å². The number of amides is 1. The second-order valence-electron chi connectivity index (χ2n) is 5.88. The van der Waals surface area contributed by atoms with Gasteiger partial charge < -0.3 is 14.7 Å². The maximum atomic E-state index is 12.7. The van der Waals surface area contributed by atoms with E-state index in [0.29, 0.717) is 18.6 Å². The lowest BCUT2D eigenvalue weighted by atomic mass is 10.0. The minimum atomic E-state index is -0.374. The molecular weight excluding hydrogens is 266 g/mol. The molecule has 2 unspecified atom stereocenters. The zero-order valence-electron chi connectivity index (χ0n) is 12.3. The van der Waals surface area contributed by atoms with Gasteiger partial charge in [-0.3, -0.25) is 4.79 Å². The van der Waals surface area contributed by atoms with Crippen molar-refractivity contribution in [3.8, 4) is 5.75 Å². The third-order valence-electron chi connectivity index (χ3n) is 4.16. The summed E-state index contributed by atoms with van der Waals surface area (Å²) in [5.74, 6) is 0.878. The van der Waals surface area contributed by atoms with Crippen molar-refractivity contribution in [3.63, 3.8) is 0 Å². The van der Waals surface area contributed by atoms with Crippen molar-refractivity contribution in [2.24, 2.45) is 0 Å². The highest BCUT2D eigenvalue weighted by atomic mass is 16.5. The van der Waals surface area contributed by atoms with E-state index in [4.69, 9.17) is 4.74 Å². The van der Waals surface area contributed by atoms with E-state index in [9.17, 15) is 9.90 Å². The molecule has 2 aliphatic heterocycles. The molecule has 1 fully saturated rings. The van der Waals surface area contributed by atoms with Crippen molar-refractivity contribution in [1.82, 2.24) is 4.90 Å². The van der Waals surface area contributed by atoms with Gasteiger partial charge in [-0.05, 0) is 38.3 Å². The van der Waals surface area contributed by atoms with Gasteiger partial charge in [-0.2, -0.15) is 0 Å². The van der Waals surface area contributed by atoms with Crippen molar-refractivity contribution in [1.29, 1.82) is 0 Å². The van der Waals surface area contributed by atoms with Gasteiger partial charge in [-0.25, -0.2) is 0 Å². The smallest absolute Gasteiger partial charge is 0.253 e. The number of benzene rings is 1. The molecule has 0 saturated carbocycles. The first-order chi connectivity index (χ1) is 10.1.